The van der Waals surface area contributed by atoms with Gasteiger partial charge in [-0.1, -0.05) is 12.8 Å². The second-order valence-corrected chi connectivity index (χ2v) is 7.54. The Balaban J connectivity index is 1.62. The van der Waals surface area contributed by atoms with E-state index in [1.54, 1.807) is 12.8 Å². The van der Waals surface area contributed by atoms with Crippen molar-refractivity contribution < 1.29 is 9.31 Å². The number of H-pyrrole nitrogens is 1. The van der Waals surface area contributed by atoms with Crippen LogP contribution in [0.5, 0.6) is 5.75 Å². The van der Waals surface area contributed by atoms with Crippen LogP contribution in [0.2, 0.25) is 0 Å². The smallest absolute Gasteiger partial charge is 0.200 e. The summed E-state index contributed by atoms with van der Waals surface area (Å²) < 4.78 is 8.11. The highest BCUT2D eigenvalue weighted by Crippen LogP contribution is 2.39. The molecule has 0 saturated heterocycles. The second-order valence-electron chi connectivity index (χ2n) is 7.54. The van der Waals surface area contributed by atoms with E-state index in [1.165, 1.54) is 67.4 Å². The van der Waals surface area contributed by atoms with Crippen molar-refractivity contribution in [3.05, 3.63) is 29.5 Å². The van der Waals surface area contributed by atoms with Gasteiger partial charge in [0.1, 0.15) is 24.5 Å². The average Bonchev–Trinajstić information content (AvgIpc) is 2.98. The Morgan fingerprint density at radius 2 is 2.04 bits per heavy atom. The molecule has 2 aliphatic heterocycles. The molecular weight excluding hydrogens is 284 g/mol. The highest BCUT2D eigenvalue weighted by molar-refractivity contribution is 6.03. The van der Waals surface area contributed by atoms with Crippen molar-refractivity contribution in [2.75, 3.05) is 20.2 Å². The Morgan fingerprint density at radius 1 is 1.17 bits per heavy atom. The van der Waals surface area contributed by atoms with Crippen molar-refractivity contribution in [2.24, 2.45) is 11.8 Å². The third kappa shape index (κ3) is 2.05. The molecule has 1 N–H and O–H groups in total. The third-order valence-electron chi connectivity index (χ3n) is 6.39. The molecule has 0 bridgehead atoms. The first-order chi connectivity index (χ1) is 11.3. The van der Waals surface area contributed by atoms with E-state index in [1.807, 2.05) is 0 Å². The van der Waals surface area contributed by atoms with Crippen LogP contribution in [-0.2, 0) is 6.42 Å². The quantitative estimate of drug-likeness (QED) is 0.799. The standard InChI is InChI=1S/C20H24N2O/c1-23-15-6-7-18-17(11-15)16-8-9-22-12-14-5-3-2-4-13(14)10-19(22)20(16)21-18/h6-7,11,13-14H,2-5,8-10,12H2,1H3/p+1. The molecule has 0 radical (unpaired) electrons. The molecule has 1 aromatic heterocycles. The van der Waals surface area contributed by atoms with Crippen LogP contribution in [0, 0.1) is 11.8 Å². The van der Waals surface area contributed by atoms with Crippen LogP contribution in [0.25, 0.3) is 10.9 Å². The molecule has 23 heavy (non-hydrogen) atoms. The fraction of sp³-hybridized carbons (Fsp3) is 0.550. The Bertz CT molecular complexity index is 801. The van der Waals surface area contributed by atoms with Gasteiger partial charge in [-0.05, 0) is 42.5 Å². The summed E-state index contributed by atoms with van der Waals surface area (Å²) in [4.78, 5) is 3.73. The number of nitrogens with one attached hydrogen (secondary N) is 1. The number of hydrogen-bond acceptors (Lipinski definition) is 1. The van der Waals surface area contributed by atoms with Gasteiger partial charge in [0.15, 0.2) is 5.71 Å². The lowest BCUT2D eigenvalue weighted by atomic mass is 9.73. The molecule has 1 saturated carbocycles. The zero-order valence-corrected chi connectivity index (χ0v) is 13.9. The molecule has 1 aromatic carbocycles. The summed E-state index contributed by atoms with van der Waals surface area (Å²) in [5, 5.41) is 1.36. The predicted molar refractivity (Wildman–Crippen MR) is 92.7 cm³/mol. The van der Waals surface area contributed by atoms with Crippen molar-refractivity contribution in [3.8, 4) is 5.75 Å². The summed E-state index contributed by atoms with van der Waals surface area (Å²) in [6.45, 7) is 2.48. The molecule has 2 atom stereocenters. The fourth-order valence-corrected chi connectivity index (χ4v) is 5.16. The first kappa shape index (κ1) is 13.6. The molecule has 2 unspecified atom stereocenters. The van der Waals surface area contributed by atoms with Crippen molar-refractivity contribution in [2.45, 2.75) is 38.5 Å². The monoisotopic (exact) mass is 309 g/mol. The van der Waals surface area contributed by atoms with Gasteiger partial charge in [-0.25, -0.2) is 4.58 Å². The van der Waals surface area contributed by atoms with Gasteiger partial charge in [0.25, 0.3) is 0 Å². The Labute approximate surface area is 137 Å². The van der Waals surface area contributed by atoms with E-state index in [0.717, 1.165) is 24.0 Å². The van der Waals surface area contributed by atoms with Crippen LogP contribution in [0.4, 0.5) is 0 Å². The van der Waals surface area contributed by atoms with Crippen molar-refractivity contribution in [1.82, 2.24) is 4.98 Å². The minimum Gasteiger partial charge on any atom is -0.497 e. The Kier molecular flexibility index (Phi) is 3.04. The summed E-state index contributed by atoms with van der Waals surface area (Å²) in [7, 11) is 1.75. The molecule has 0 amide bonds. The maximum atomic E-state index is 5.43. The lowest BCUT2D eigenvalue weighted by Crippen LogP contribution is -2.43. The number of aromatic nitrogens is 1. The minimum atomic E-state index is 0.918. The topological polar surface area (TPSA) is 28.0 Å². The molecule has 3 heterocycles. The van der Waals surface area contributed by atoms with Crippen LogP contribution < -0.4 is 4.74 Å². The summed E-state index contributed by atoms with van der Waals surface area (Å²) in [6.07, 6.45) is 8.20. The van der Waals surface area contributed by atoms with Gasteiger partial charge < -0.3 is 9.72 Å². The van der Waals surface area contributed by atoms with Crippen LogP contribution in [0.1, 0.15) is 43.4 Å². The number of nitrogens with zero attached hydrogens (tertiary/aromatic N) is 1. The van der Waals surface area contributed by atoms with Gasteiger partial charge in [0, 0.05) is 29.7 Å². The zero-order valence-electron chi connectivity index (χ0n) is 13.9. The number of ether oxygens (including phenoxy) is 1. The van der Waals surface area contributed by atoms with Crippen LogP contribution in [0.15, 0.2) is 18.2 Å². The SMILES string of the molecule is COc1ccc2[nH]c3c(c2c1)CC[N+]1=C3CC2CCCCC2C1. The number of fused-ring (bicyclic) bond motifs is 5. The average molecular weight is 309 g/mol. The number of aromatic amines is 1. The van der Waals surface area contributed by atoms with Gasteiger partial charge in [-0.2, -0.15) is 0 Å². The maximum absolute atomic E-state index is 5.43. The van der Waals surface area contributed by atoms with E-state index >= 15 is 0 Å². The predicted octanol–water partition coefficient (Wildman–Crippen LogP) is 3.74. The molecule has 3 heteroatoms. The third-order valence-corrected chi connectivity index (χ3v) is 6.39. The number of benzene rings is 1. The first-order valence-corrected chi connectivity index (χ1v) is 9.13. The van der Waals surface area contributed by atoms with E-state index in [9.17, 15) is 0 Å². The summed E-state index contributed by atoms with van der Waals surface area (Å²) in [5.74, 6) is 2.82. The molecular formula is C20H25N2O+. The molecule has 1 aliphatic carbocycles. The van der Waals surface area contributed by atoms with E-state index in [0.29, 0.717) is 0 Å². The van der Waals surface area contributed by atoms with Gasteiger partial charge in [0.2, 0.25) is 0 Å². The van der Waals surface area contributed by atoms with Crippen molar-refractivity contribution in [1.29, 1.82) is 0 Å². The molecule has 5 rings (SSSR count). The van der Waals surface area contributed by atoms with E-state index in [2.05, 4.69) is 27.8 Å². The molecule has 2 aromatic rings. The van der Waals surface area contributed by atoms with Gasteiger partial charge >= 0.3 is 0 Å². The fourth-order valence-electron chi connectivity index (χ4n) is 5.16. The van der Waals surface area contributed by atoms with Crippen molar-refractivity contribution in [3.63, 3.8) is 0 Å². The maximum Gasteiger partial charge on any atom is 0.200 e. The minimum absolute atomic E-state index is 0.918. The second kappa shape index (κ2) is 5.12. The van der Waals surface area contributed by atoms with Gasteiger partial charge in [-0.3, -0.25) is 0 Å². The summed E-state index contributed by atoms with van der Waals surface area (Å²) in [5.41, 5.74) is 5.78. The Hall–Kier alpha value is -1.77. The van der Waals surface area contributed by atoms with Gasteiger partial charge in [-0.15, -0.1) is 0 Å². The zero-order chi connectivity index (χ0) is 15.4. The van der Waals surface area contributed by atoms with E-state index in [-0.39, 0.29) is 0 Å². The van der Waals surface area contributed by atoms with E-state index < -0.39 is 0 Å². The summed E-state index contributed by atoms with van der Waals surface area (Å²) in [6, 6.07) is 6.43. The molecule has 3 nitrogen and oxygen atoms in total. The van der Waals surface area contributed by atoms with Crippen LogP contribution in [-0.4, -0.2) is 35.5 Å². The highest BCUT2D eigenvalue weighted by atomic mass is 16.5. The van der Waals surface area contributed by atoms with Crippen molar-refractivity contribution >= 4 is 16.6 Å². The molecule has 3 aliphatic rings. The summed E-state index contributed by atoms with van der Waals surface area (Å²) >= 11 is 0. The lowest BCUT2D eigenvalue weighted by Gasteiger charge is -2.35. The normalized spacial score (nSPS) is 26.7. The number of hydrogen-bond donors (Lipinski definition) is 1. The van der Waals surface area contributed by atoms with E-state index in [4.69, 9.17) is 4.74 Å². The van der Waals surface area contributed by atoms with Crippen LogP contribution in [0.3, 0.4) is 0 Å². The Morgan fingerprint density at radius 3 is 2.91 bits per heavy atom. The number of rotatable bonds is 1. The largest absolute Gasteiger partial charge is 0.497 e. The molecule has 0 spiro atoms. The molecule has 1 fully saturated rings. The molecule has 120 valence electrons. The first-order valence-electron chi connectivity index (χ1n) is 9.13. The van der Waals surface area contributed by atoms with Gasteiger partial charge in [0.05, 0.1) is 7.11 Å². The lowest BCUT2D eigenvalue weighted by molar-refractivity contribution is -0.544. The highest BCUT2D eigenvalue weighted by Gasteiger charge is 2.40. The number of methoxy groups -OCH3 is 1. The van der Waals surface area contributed by atoms with Crippen LogP contribution >= 0.6 is 0 Å².